The Labute approximate surface area is 135 Å². The van der Waals surface area contributed by atoms with Crippen LogP contribution in [0.5, 0.6) is 0 Å². The molecule has 0 radical (unpaired) electrons. The van der Waals surface area contributed by atoms with Gasteiger partial charge in [-0.15, -0.1) is 11.3 Å². The summed E-state index contributed by atoms with van der Waals surface area (Å²) in [6, 6.07) is 6.63. The van der Waals surface area contributed by atoms with Crippen LogP contribution in [0.1, 0.15) is 16.6 Å². The fourth-order valence-corrected chi connectivity index (χ4v) is 3.57. The number of ether oxygens (including phenoxy) is 1. The van der Waals surface area contributed by atoms with Crippen LogP contribution in [0.25, 0.3) is 0 Å². The molecule has 0 N–H and O–H groups in total. The second kappa shape index (κ2) is 7.17. The van der Waals surface area contributed by atoms with E-state index in [4.69, 9.17) is 4.74 Å². The quantitative estimate of drug-likeness (QED) is 0.846. The number of likely N-dealkylation sites (N-methyl/N-ethyl adjacent to an activating group) is 1. The summed E-state index contributed by atoms with van der Waals surface area (Å²) < 4.78 is 5.50. The molecule has 3 heterocycles. The standard InChI is InChI=1S/C16H22N4OS/c1-13-5-6-17-16(18-13)19(2)12-14(15-4-3-11-22-15)20-7-9-21-10-8-20/h3-6,11,14H,7-10,12H2,1-2H3/t14-/m1/s1. The highest BCUT2D eigenvalue weighted by atomic mass is 32.1. The summed E-state index contributed by atoms with van der Waals surface area (Å²) in [4.78, 5) is 15.0. The van der Waals surface area contributed by atoms with Crippen molar-refractivity contribution in [2.45, 2.75) is 13.0 Å². The third-order valence-electron chi connectivity index (χ3n) is 3.93. The van der Waals surface area contributed by atoms with Gasteiger partial charge in [-0.1, -0.05) is 6.07 Å². The molecular weight excluding hydrogens is 296 g/mol. The number of hydrogen-bond donors (Lipinski definition) is 0. The van der Waals surface area contributed by atoms with Gasteiger partial charge in [0, 0.05) is 43.4 Å². The molecule has 5 nitrogen and oxygen atoms in total. The van der Waals surface area contributed by atoms with Gasteiger partial charge >= 0.3 is 0 Å². The number of aryl methyl sites for hydroxylation is 1. The van der Waals surface area contributed by atoms with Gasteiger partial charge in [-0.05, 0) is 24.4 Å². The monoisotopic (exact) mass is 318 g/mol. The average Bonchev–Trinajstić information content (AvgIpc) is 3.07. The third-order valence-corrected chi connectivity index (χ3v) is 4.90. The summed E-state index contributed by atoms with van der Waals surface area (Å²) in [6.07, 6.45) is 1.82. The van der Waals surface area contributed by atoms with Crippen molar-refractivity contribution < 1.29 is 4.74 Å². The number of hydrogen-bond acceptors (Lipinski definition) is 6. The van der Waals surface area contributed by atoms with Crippen LogP contribution in [0.2, 0.25) is 0 Å². The van der Waals surface area contributed by atoms with Crippen molar-refractivity contribution in [3.05, 3.63) is 40.3 Å². The first-order valence-corrected chi connectivity index (χ1v) is 8.48. The summed E-state index contributed by atoms with van der Waals surface area (Å²) in [7, 11) is 2.07. The molecular formula is C16H22N4OS. The van der Waals surface area contributed by atoms with Crippen LogP contribution in [0.4, 0.5) is 5.95 Å². The molecule has 1 aliphatic heterocycles. The predicted molar refractivity (Wildman–Crippen MR) is 89.5 cm³/mol. The number of morpholine rings is 1. The number of thiophene rings is 1. The summed E-state index contributed by atoms with van der Waals surface area (Å²) in [5.41, 5.74) is 0.996. The maximum atomic E-state index is 5.50. The Balaban J connectivity index is 1.77. The van der Waals surface area contributed by atoms with Crippen LogP contribution in [0, 0.1) is 6.92 Å². The Bertz CT molecular complexity index is 584. The SMILES string of the molecule is Cc1ccnc(N(C)C[C@H](c2cccs2)N2CCOCC2)n1. The van der Waals surface area contributed by atoms with Crippen molar-refractivity contribution in [3.8, 4) is 0 Å². The van der Waals surface area contributed by atoms with Gasteiger partial charge in [0.15, 0.2) is 0 Å². The molecule has 0 aliphatic carbocycles. The highest BCUT2D eigenvalue weighted by Gasteiger charge is 2.25. The van der Waals surface area contributed by atoms with E-state index in [0.717, 1.165) is 44.5 Å². The molecule has 0 bridgehead atoms. The Morgan fingerprint density at radius 1 is 1.36 bits per heavy atom. The molecule has 6 heteroatoms. The minimum absolute atomic E-state index is 0.359. The van der Waals surface area contributed by atoms with E-state index in [-0.39, 0.29) is 0 Å². The number of aromatic nitrogens is 2. The molecule has 0 saturated carbocycles. The lowest BCUT2D eigenvalue weighted by atomic mass is 10.2. The fraction of sp³-hybridized carbons (Fsp3) is 0.500. The highest BCUT2D eigenvalue weighted by Crippen LogP contribution is 2.27. The van der Waals surface area contributed by atoms with Crippen molar-refractivity contribution in [2.24, 2.45) is 0 Å². The topological polar surface area (TPSA) is 41.5 Å². The largest absolute Gasteiger partial charge is 0.379 e. The zero-order valence-corrected chi connectivity index (χ0v) is 13.9. The second-order valence-electron chi connectivity index (χ2n) is 5.56. The van der Waals surface area contributed by atoms with Gasteiger partial charge in [0.05, 0.1) is 19.3 Å². The van der Waals surface area contributed by atoms with E-state index in [9.17, 15) is 0 Å². The molecule has 0 spiro atoms. The molecule has 1 fully saturated rings. The summed E-state index contributed by atoms with van der Waals surface area (Å²) >= 11 is 1.82. The van der Waals surface area contributed by atoms with E-state index in [1.807, 2.05) is 30.5 Å². The van der Waals surface area contributed by atoms with Crippen LogP contribution in [0.15, 0.2) is 29.8 Å². The molecule has 0 amide bonds. The van der Waals surface area contributed by atoms with E-state index in [1.54, 1.807) is 0 Å². The van der Waals surface area contributed by atoms with Crippen molar-refractivity contribution in [2.75, 3.05) is 44.8 Å². The Morgan fingerprint density at radius 2 is 2.18 bits per heavy atom. The van der Waals surface area contributed by atoms with Gasteiger partial charge in [0.1, 0.15) is 0 Å². The van der Waals surface area contributed by atoms with E-state index in [1.165, 1.54) is 4.88 Å². The molecule has 22 heavy (non-hydrogen) atoms. The third kappa shape index (κ3) is 3.63. The van der Waals surface area contributed by atoms with Crippen molar-refractivity contribution in [1.82, 2.24) is 14.9 Å². The molecule has 0 aromatic carbocycles. The molecule has 1 saturated heterocycles. The van der Waals surface area contributed by atoms with Gasteiger partial charge < -0.3 is 9.64 Å². The number of anilines is 1. The van der Waals surface area contributed by atoms with Gasteiger partial charge in [0.25, 0.3) is 0 Å². The lowest BCUT2D eigenvalue weighted by Crippen LogP contribution is -2.43. The van der Waals surface area contributed by atoms with Gasteiger partial charge in [0.2, 0.25) is 5.95 Å². The van der Waals surface area contributed by atoms with Crippen LogP contribution in [-0.2, 0) is 4.74 Å². The van der Waals surface area contributed by atoms with Gasteiger partial charge in [-0.25, -0.2) is 9.97 Å². The molecule has 118 valence electrons. The number of rotatable bonds is 5. The first-order chi connectivity index (χ1) is 10.7. The van der Waals surface area contributed by atoms with Crippen molar-refractivity contribution >= 4 is 17.3 Å². The first kappa shape index (κ1) is 15.4. The summed E-state index contributed by atoms with van der Waals surface area (Å²) in [5, 5.41) is 2.14. The maximum absolute atomic E-state index is 5.50. The van der Waals surface area contributed by atoms with E-state index < -0.39 is 0 Å². The molecule has 1 aliphatic rings. The van der Waals surface area contributed by atoms with Crippen LogP contribution < -0.4 is 4.90 Å². The molecule has 1 atom stereocenters. The lowest BCUT2D eigenvalue weighted by Gasteiger charge is -2.36. The molecule has 3 rings (SSSR count). The number of nitrogens with zero attached hydrogens (tertiary/aromatic N) is 4. The molecule has 2 aromatic heterocycles. The van der Waals surface area contributed by atoms with E-state index in [0.29, 0.717) is 6.04 Å². The average molecular weight is 318 g/mol. The summed E-state index contributed by atoms with van der Waals surface area (Å²) in [6.45, 7) is 6.46. The zero-order chi connectivity index (χ0) is 15.4. The minimum Gasteiger partial charge on any atom is -0.379 e. The molecule has 2 aromatic rings. The zero-order valence-electron chi connectivity index (χ0n) is 13.1. The Kier molecular flexibility index (Phi) is 5.02. The highest BCUT2D eigenvalue weighted by molar-refractivity contribution is 7.10. The first-order valence-electron chi connectivity index (χ1n) is 7.60. The van der Waals surface area contributed by atoms with Gasteiger partial charge in [-0.3, -0.25) is 4.90 Å². The van der Waals surface area contributed by atoms with Crippen LogP contribution >= 0.6 is 11.3 Å². The normalized spacial score (nSPS) is 17.4. The Hall–Kier alpha value is -1.50. The molecule has 0 unspecified atom stereocenters. The van der Waals surface area contributed by atoms with Crippen molar-refractivity contribution in [1.29, 1.82) is 0 Å². The minimum atomic E-state index is 0.359. The van der Waals surface area contributed by atoms with E-state index in [2.05, 4.69) is 44.3 Å². The van der Waals surface area contributed by atoms with Crippen molar-refractivity contribution in [3.63, 3.8) is 0 Å². The van der Waals surface area contributed by atoms with Crippen LogP contribution in [-0.4, -0.2) is 54.8 Å². The predicted octanol–water partition coefficient (Wildman–Crippen LogP) is 2.36. The Morgan fingerprint density at radius 3 is 2.86 bits per heavy atom. The van der Waals surface area contributed by atoms with Gasteiger partial charge in [-0.2, -0.15) is 0 Å². The summed E-state index contributed by atoms with van der Waals surface area (Å²) in [5.74, 6) is 0.787. The fourth-order valence-electron chi connectivity index (χ4n) is 2.72. The maximum Gasteiger partial charge on any atom is 0.225 e. The smallest absolute Gasteiger partial charge is 0.225 e. The lowest BCUT2D eigenvalue weighted by molar-refractivity contribution is 0.0183. The van der Waals surface area contributed by atoms with Crippen LogP contribution in [0.3, 0.4) is 0 Å². The van der Waals surface area contributed by atoms with E-state index >= 15 is 0 Å². The second-order valence-corrected chi connectivity index (χ2v) is 6.54.